The molecule has 0 atom stereocenters. The number of nitrogen functional groups attached to an aromatic ring is 1. The van der Waals surface area contributed by atoms with E-state index in [-0.39, 0.29) is 0 Å². The van der Waals surface area contributed by atoms with Gasteiger partial charge in [-0.05, 0) is 6.07 Å². The molecule has 4 nitrogen and oxygen atoms in total. The number of nitrogens with two attached hydrogens (primary N) is 1. The quantitative estimate of drug-likeness (QED) is 0.886. The maximum Gasteiger partial charge on any atom is 0.164 e. The summed E-state index contributed by atoms with van der Waals surface area (Å²) in [4.78, 5) is 8.56. The minimum Gasteiger partial charge on any atom is -0.384 e. The van der Waals surface area contributed by atoms with E-state index in [0.717, 1.165) is 10.0 Å². The molecule has 0 fully saturated rings. The predicted molar refractivity (Wildman–Crippen MR) is 69.1 cm³/mol. The second-order valence-corrected chi connectivity index (χ2v) is 4.09. The molecular weight excluding hydrogens is 268 g/mol. The number of hydrogen-bond acceptors (Lipinski definition) is 4. The summed E-state index contributed by atoms with van der Waals surface area (Å²) < 4.78 is 0.947. The zero-order valence-electron chi connectivity index (χ0n) is 8.74. The van der Waals surface area contributed by atoms with Crippen LogP contribution in [0.15, 0.2) is 34.8 Å². The van der Waals surface area contributed by atoms with E-state index in [1.807, 2.05) is 24.3 Å². The van der Waals surface area contributed by atoms with Crippen LogP contribution >= 0.6 is 15.9 Å². The number of hydrogen-bond donors (Lipinski definition) is 2. The highest BCUT2D eigenvalue weighted by Crippen LogP contribution is 2.26. The average Bonchev–Trinajstić information content (AvgIpc) is 2.28. The van der Waals surface area contributed by atoms with Gasteiger partial charge >= 0.3 is 0 Å². The van der Waals surface area contributed by atoms with Crippen LogP contribution in [0, 0.1) is 0 Å². The molecule has 2 rings (SSSR count). The Balaban J connectivity index is 2.56. The first-order valence-corrected chi connectivity index (χ1v) is 5.57. The summed E-state index contributed by atoms with van der Waals surface area (Å²) in [5, 5.41) is 2.95. The van der Waals surface area contributed by atoms with E-state index >= 15 is 0 Å². The number of halogens is 1. The summed E-state index contributed by atoms with van der Waals surface area (Å²) in [7, 11) is 1.80. The lowest BCUT2D eigenvalue weighted by molar-refractivity contribution is 1.17. The lowest BCUT2D eigenvalue weighted by Gasteiger charge is -2.06. The van der Waals surface area contributed by atoms with Gasteiger partial charge in [-0.2, -0.15) is 0 Å². The van der Waals surface area contributed by atoms with Gasteiger partial charge in [0.15, 0.2) is 5.82 Å². The minimum atomic E-state index is 0.449. The maximum absolute atomic E-state index is 5.72. The van der Waals surface area contributed by atoms with Gasteiger partial charge in [-0.3, -0.25) is 0 Å². The third kappa shape index (κ3) is 2.14. The molecule has 0 aliphatic heterocycles. The van der Waals surface area contributed by atoms with Crippen LogP contribution in [0.5, 0.6) is 0 Å². The molecule has 1 aromatic carbocycles. The van der Waals surface area contributed by atoms with Crippen LogP contribution in [0.25, 0.3) is 11.4 Å². The van der Waals surface area contributed by atoms with Gasteiger partial charge in [-0.25, -0.2) is 9.97 Å². The zero-order chi connectivity index (χ0) is 11.5. The molecule has 0 aliphatic carbocycles. The Kier molecular flexibility index (Phi) is 3.05. The summed E-state index contributed by atoms with van der Waals surface area (Å²) >= 11 is 3.46. The number of anilines is 2. The van der Waals surface area contributed by atoms with Crippen molar-refractivity contribution in [3.8, 4) is 11.4 Å². The molecule has 3 N–H and O–H groups in total. The second-order valence-electron chi connectivity index (χ2n) is 3.23. The highest BCUT2D eigenvalue weighted by atomic mass is 79.9. The number of nitrogens with one attached hydrogen (secondary N) is 1. The topological polar surface area (TPSA) is 63.8 Å². The van der Waals surface area contributed by atoms with Gasteiger partial charge < -0.3 is 11.1 Å². The van der Waals surface area contributed by atoms with Crippen molar-refractivity contribution in [2.75, 3.05) is 18.1 Å². The Morgan fingerprint density at radius 1 is 1.25 bits per heavy atom. The van der Waals surface area contributed by atoms with Crippen molar-refractivity contribution in [1.82, 2.24) is 9.97 Å². The fourth-order valence-electron chi connectivity index (χ4n) is 1.36. The lowest BCUT2D eigenvalue weighted by atomic mass is 10.2. The monoisotopic (exact) mass is 278 g/mol. The van der Waals surface area contributed by atoms with Crippen molar-refractivity contribution in [1.29, 1.82) is 0 Å². The van der Waals surface area contributed by atoms with E-state index in [2.05, 4.69) is 31.2 Å². The summed E-state index contributed by atoms with van der Waals surface area (Å²) in [6.07, 6.45) is 0. The smallest absolute Gasteiger partial charge is 0.164 e. The molecule has 0 saturated heterocycles. The van der Waals surface area contributed by atoms with Gasteiger partial charge in [-0.15, -0.1) is 0 Å². The molecule has 0 aliphatic rings. The fourth-order valence-corrected chi connectivity index (χ4v) is 1.82. The average molecular weight is 279 g/mol. The summed E-state index contributed by atoms with van der Waals surface area (Å²) in [6.45, 7) is 0. The molecule has 0 amide bonds. The zero-order valence-corrected chi connectivity index (χ0v) is 10.3. The van der Waals surface area contributed by atoms with Crippen molar-refractivity contribution >= 4 is 27.6 Å². The van der Waals surface area contributed by atoms with Crippen molar-refractivity contribution in [3.63, 3.8) is 0 Å². The highest BCUT2D eigenvalue weighted by Gasteiger charge is 2.07. The van der Waals surface area contributed by atoms with Crippen LogP contribution in [-0.2, 0) is 0 Å². The number of benzene rings is 1. The molecule has 5 heteroatoms. The maximum atomic E-state index is 5.72. The van der Waals surface area contributed by atoms with E-state index < -0.39 is 0 Å². The lowest BCUT2D eigenvalue weighted by Crippen LogP contribution is -2.00. The third-order valence-corrected chi connectivity index (χ3v) is 2.81. The molecular formula is C11H11BrN4. The third-order valence-electron chi connectivity index (χ3n) is 2.12. The Hall–Kier alpha value is -1.62. The Morgan fingerprint density at radius 2 is 2.00 bits per heavy atom. The summed E-state index contributed by atoms with van der Waals surface area (Å²) in [6, 6.07) is 9.46. The van der Waals surface area contributed by atoms with Crippen molar-refractivity contribution in [3.05, 3.63) is 34.8 Å². The van der Waals surface area contributed by atoms with E-state index in [1.54, 1.807) is 13.1 Å². The fraction of sp³-hybridized carbons (Fsp3) is 0.0909. The van der Waals surface area contributed by atoms with Crippen LogP contribution in [0.2, 0.25) is 0 Å². The summed E-state index contributed by atoms with van der Waals surface area (Å²) in [5.41, 5.74) is 6.64. The van der Waals surface area contributed by atoms with E-state index in [1.165, 1.54) is 0 Å². The van der Waals surface area contributed by atoms with E-state index in [0.29, 0.717) is 17.5 Å². The van der Waals surface area contributed by atoms with Gasteiger partial charge in [0, 0.05) is 23.2 Å². The molecule has 0 radical (unpaired) electrons. The van der Waals surface area contributed by atoms with E-state index in [4.69, 9.17) is 5.73 Å². The molecule has 2 aromatic rings. The normalized spacial score (nSPS) is 10.1. The first-order chi connectivity index (χ1) is 7.70. The number of aromatic nitrogens is 2. The van der Waals surface area contributed by atoms with E-state index in [9.17, 15) is 0 Å². The molecule has 16 heavy (non-hydrogen) atoms. The molecule has 0 saturated carbocycles. The first-order valence-electron chi connectivity index (χ1n) is 4.78. The Bertz CT molecular complexity index is 513. The first kappa shape index (κ1) is 10.9. The SMILES string of the molecule is CNc1cc(N)nc(-c2ccccc2Br)n1. The summed E-state index contributed by atoms with van der Waals surface area (Å²) in [5.74, 6) is 1.76. The van der Waals surface area contributed by atoms with Crippen molar-refractivity contribution in [2.45, 2.75) is 0 Å². The Labute approximate surface area is 102 Å². The van der Waals surface area contributed by atoms with Gasteiger partial charge in [0.05, 0.1) is 0 Å². The molecule has 0 spiro atoms. The van der Waals surface area contributed by atoms with Crippen molar-refractivity contribution < 1.29 is 0 Å². The standard InChI is InChI=1S/C11H11BrN4/c1-14-10-6-9(13)15-11(16-10)7-4-2-3-5-8(7)12/h2-6H,1H3,(H3,13,14,15,16). The Morgan fingerprint density at radius 3 is 2.69 bits per heavy atom. The van der Waals surface area contributed by atoms with Crippen molar-refractivity contribution in [2.24, 2.45) is 0 Å². The second kappa shape index (κ2) is 4.49. The molecule has 82 valence electrons. The van der Waals surface area contributed by atoms with Gasteiger partial charge in [0.2, 0.25) is 0 Å². The van der Waals surface area contributed by atoms with Gasteiger partial charge in [-0.1, -0.05) is 34.1 Å². The van der Waals surface area contributed by atoms with Crippen LogP contribution in [0.4, 0.5) is 11.6 Å². The molecule has 0 unspecified atom stereocenters. The predicted octanol–water partition coefficient (Wildman–Crippen LogP) is 2.53. The van der Waals surface area contributed by atoms with Crippen LogP contribution in [0.3, 0.4) is 0 Å². The molecule has 0 bridgehead atoms. The minimum absolute atomic E-state index is 0.449. The van der Waals surface area contributed by atoms with Crippen LogP contribution in [0.1, 0.15) is 0 Å². The number of rotatable bonds is 2. The highest BCUT2D eigenvalue weighted by molar-refractivity contribution is 9.10. The van der Waals surface area contributed by atoms with Gasteiger partial charge in [0.25, 0.3) is 0 Å². The molecule has 1 heterocycles. The number of nitrogens with zero attached hydrogens (tertiary/aromatic N) is 2. The molecule has 1 aromatic heterocycles. The largest absolute Gasteiger partial charge is 0.384 e. The van der Waals surface area contributed by atoms with Crippen LogP contribution < -0.4 is 11.1 Å². The van der Waals surface area contributed by atoms with Gasteiger partial charge in [0.1, 0.15) is 11.6 Å². The van der Waals surface area contributed by atoms with Crippen LogP contribution in [-0.4, -0.2) is 17.0 Å².